The van der Waals surface area contributed by atoms with Crippen LogP contribution in [-0.4, -0.2) is 19.6 Å². The minimum atomic E-state index is -0.302. The molecular weight excluding hydrogens is 349 g/mol. The van der Waals surface area contributed by atoms with Crippen molar-refractivity contribution in [2.45, 2.75) is 19.8 Å². The van der Waals surface area contributed by atoms with Crippen LogP contribution in [0, 0.1) is 0 Å². The fourth-order valence-electron chi connectivity index (χ4n) is 2.08. The molecule has 1 N–H and O–H groups in total. The zero-order valence-electron chi connectivity index (χ0n) is 13.7. The number of benzene rings is 2. The number of nitrogens with one attached hydrogen (secondary N) is 1. The van der Waals surface area contributed by atoms with Crippen molar-refractivity contribution in [2.24, 2.45) is 0 Å². The first-order valence-corrected chi connectivity index (χ1v) is 8.22. The van der Waals surface area contributed by atoms with Gasteiger partial charge in [0, 0.05) is 5.69 Å². The first-order valence-electron chi connectivity index (χ1n) is 7.46. The average molecular weight is 368 g/mol. The highest BCUT2D eigenvalue weighted by atomic mass is 35.5. The molecule has 6 heteroatoms. The number of ether oxygens (including phenoxy) is 2. The van der Waals surface area contributed by atoms with E-state index in [0.29, 0.717) is 33.1 Å². The van der Waals surface area contributed by atoms with E-state index in [1.807, 2.05) is 12.1 Å². The van der Waals surface area contributed by atoms with Crippen molar-refractivity contribution in [3.05, 3.63) is 52.0 Å². The largest absolute Gasteiger partial charge is 0.493 e. The van der Waals surface area contributed by atoms with Crippen LogP contribution in [0.1, 0.15) is 25.3 Å². The van der Waals surface area contributed by atoms with Gasteiger partial charge in [-0.05, 0) is 41.8 Å². The Morgan fingerprint density at radius 3 is 2.46 bits per heavy atom. The Balaban J connectivity index is 1.99. The third-order valence-electron chi connectivity index (χ3n) is 3.42. The van der Waals surface area contributed by atoms with E-state index in [2.05, 4.69) is 19.2 Å². The number of methoxy groups -OCH3 is 1. The van der Waals surface area contributed by atoms with E-state index in [9.17, 15) is 4.79 Å². The van der Waals surface area contributed by atoms with Gasteiger partial charge in [-0.2, -0.15) is 0 Å². The third kappa shape index (κ3) is 4.79. The summed E-state index contributed by atoms with van der Waals surface area (Å²) in [5.74, 6) is 1.20. The van der Waals surface area contributed by atoms with Gasteiger partial charge in [0.15, 0.2) is 18.1 Å². The van der Waals surface area contributed by atoms with Gasteiger partial charge >= 0.3 is 0 Å². The predicted molar refractivity (Wildman–Crippen MR) is 97.7 cm³/mol. The van der Waals surface area contributed by atoms with Crippen molar-refractivity contribution in [1.29, 1.82) is 0 Å². The average Bonchev–Trinajstić information content (AvgIpc) is 2.56. The van der Waals surface area contributed by atoms with Gasteiger partial charge in [-0.25, -0.2) is 0 Å². The normalized spacial score (nSPS) is 10.6. The molecule has 0 aliphatic heterocycles. The van der Waals surface area contributed by atoms with Gasteiger partial charge < -0.3 is 14.8 Å². The Labute approximate surface area is 151 Å². The van der Waals surface area contributed by atoms with Crippen molar-refractivity contribution in [3.8, 4) is 11.5 Å². The first-order chi connectivity index (χ1) is 11.4. The maximum Gasteiger partial charge on any atom is 0.262 e. The van der Waals surface area contributed by atoms with Crippen molar-refractivity contribution in [1.82, 2.24) is 0 Å². The molecule has 128 valence electrons. The SMILES string of the molecule is COc1cc(C(C)C)ccc1OCC(=O)Nc1ccc(Cl)c(Cl)c1. The number of carbonyl (C=O) groups is 1. The fourth-order valence-corrected chi connectivity index (χ4v) is 2.37. The Hall–Kier alpha value is -1.91. The molecule has 0 aliphatic rings. The number of hydrogen-bond acceptors (Lipinski definition) is 3. The molecule has 0 atom stereocenters. The van der Waals surface area contributed by atoms with Crippen molar-refractivity contribution >= 4 is 34.8 Å². The van der Waals surface area contributed by atoms with Crippen LogP contribution < -0.4 is 14.8 Å². The second kappa shape index (κ2) is 8.27. The molecule has 0 aliphatic carbocycles. The number of anilines is 1. The number of halogens is 2. The molecule has 0 saturated carbocycles. The first kappa shape index (κ1) is 18.4. The van der Waals surface area contributed by atoms with E-state index in [1.54, 1.807) is 31.4 Å². The highest BCUT2D eigenvalue weighted by Crippen LogP contribution is 2.31. The van der Waals surface area contributed by atoms with Crippen LogP contribution >= 0.6 is 23.2 Å². The minimum Gasteiger partial charge on any atom is -0.493 e. The molecule has 0 unspecified atom stereocenters. The topological polar surface area (TPSA) is 47.6 Å². The molecule has 0 fully saturated rings. The highest BCUT2D eigenvalue weighted by Gasteiger charge is 2.11. The van der Waals surface area contributed by atoms with Gasteiger partial charge in [0.1, 0.15) is 0 Å². The number of carbonyl (C=O) groups excluding carboxylic acids is 1. The zero-order valence-corrected chi connectivity index (χ0v) is 15.2. The second-order valence-corrected chi connectivity index (χ2v) is 6.35. The lowest BCUT2D eigenvalue weighted by molar-refractivity contribution is -0.118. The summed E-state index contributed by atoms with van der Waals surface area (Å²) in [6, 6.07) is 10.6. The summed E-state index contributed by atoms with van der Waals surface area (Å²) >= 11 is 11.8. The smallest absolute Gasteiger partial charge is 0.262 e. The quantitative estimate of drug-likeness (QED) is 0.768. The van der Waals surface area contributed by atoms with Crippen molar-refractivity contribution < 1.29 is 14.3 Å². The van der Waals surface area contributed by atoms with E-state index >= 15 is 0 Å². The molecule has 24 heavy (non-hydrogen) atoms. The van der Waals surface area contributed by atoms with Crippen LogP contribution in [0.25, 0.3) is 0 Å². The summed E-state index contributed by atoms with van der Waals surface area (Å²) in [5, 5.41) is 3.51. The van der Waals surface area contributed by atoms with Crippen LogP contribution in [0.4, 0.5) is 5.69 Å². The van der Waals surface area contributed by atoms with Gasteiger partial charge in [-0.15, -0.1) is 0 Å². The predicted octanol–water partition coefficient (Wildman–Crippen LogP) is 5.14. The van der Waals surface area contributed by atoms with E-state index < -0.39 is 0 Å². The Bertz CT molecular complexity index is 732. The number of rotatable bonds is 6. The highest BCUT2D eigenvalue weighted by molar-refractivity contribution is 6.42. The molecule has 0 saturated heterocycles. The maximum atomic E-state index is 12.0. The van der Waals surface area contributed by atoms with E-state index in [-0.39, 0.29) is 12.5 Å². The van der Waals surface area contributed by atoms with Crippen LogP contribution in [0.2, 0.25) is 10.0 Å². The van der Waals surface area contributed by atoms with Crippen molar-refractivity contribution in [3.63, 3.8) is 0 Å². The summed E-state index contributed by atoms with van der Waals surface area (Å²) in [6.07, 6.45) is 0. The van der Waals surface area contributed by atoms with Gasteiger partial charge in [-0.1, -0.05) is 43.1 Å². The Morgan fingerprint density at radius 1 is 1.08 bits per heavy atom. The van der Waals surface area contributed by atoms with Crippen molar-refractivity contribution in [2.75, 3.05) is 19.0 Å². The minimum absolute atomic E-state index is 0.141. The summed E-state index contributed by atoms with van der Waals surface area (Å²) in [5.41, 5.74) is 1.69. The van der Waals surface area contributed by atoms with E-state index in [4.69, 9.17) is 32.7 Å². The molecular formula is C18H19Cl2NO3. The molecule has 4 nitrogen and oxygen atoms in total. The van der Waals surface area contributed by atoms with Crippen LogP contribution in [0.5, 0.6) is 11.5 Å². The Kier molecular flexibility index (Phi) is 6.35. The van der Waals surface area contributed by atoms with Gasteiger partial charge in [0.05, 0.1) is 17.2 Å². The van der Waals surface area contributed by atoms with Crippen LogP contribution in [0.15, 0.2) is 36.4 Å². The third-order valence-corrected chi connectivity index (χ3v) is 4.16. The Morgan fingerprint density at radius 2 is 1.83 bits per heavy atom. The van der Waals surface area contributed by atoms with Crippen LogP contribution in [-0.2, 0) is 4.79 Å². The molecule has 2 rings (SSSR count). The van der Waals surface area contributed by atoms with Gasteiger partial charge in [0.2, 0.25) is 0 Å². The lowest BCUT2D eigenvalue weighted by atomic mass is 10.0. The molecule has 1 amide bonds. The molecule has 0 spiro atoms. The maximum absolute atomic E-state index is 12.0. The molecule has 0 radical (unpaired) electrons. The fraction of sp³-hybridized carbons (Fsp3) is 0.278. The lowest BCUT2D eigenvalue weighted by Crippen LogP contribution is -2.20. The molecule has 0 bridgehead atoms. The molecule has 0 heterocycles. The summed E-state index contributed by atoms with van der Waals surface area (Å²) in [6.45, 7) is 4.05. The summed E-state index contributed by atoms with van der Waals surface area (Å²) < 4.78 is 10.9. The van der Waals surface area contributed by atoms with Gasteiger partial charge in [-0.3, -0.25) is 4.79 Å². The van der Waals surface area contributed by atoms with Crippen LogP contribution in [0.3, 0.4) is 0 Å². The standard InChI is InChI=1S/C18H19Cl2NO3/c1-11(2)12-4-7-16(17(8-12)23-3)24-10-18(22)21-13-5-6-14(19)15(20)9-13/h4-9,11H,10H2,1-3H3,(H,21,22). The zero-order chi connectivity index (χ0) is 17.7. The van der Waals surface area contributed by atoms with E-state index in [0.717, 1.165) is 5.56 Å². The number of hydrogen-bond donors (Lipinski definition) is 1. The summed E-state index contributed by atoms with van der Waals surface area (Å²) in [4.78, 5) is 12.0. The summed E-state index contributed by atoms with van der Waals surface area (Å²) in [7, 11) is 1.57. The molecule has 0 aromatic heterocycles. The van der Waals surface area contributed by atoms with Gasteiger partial charge in [0.25, 0.3) is 5.91 Å². The second-order valence-electron chi connectivity index (χ2n) is 5.53. The number of amides is 1. The molecule has 2 aromatic rings. The van der Waals surface area contributed by atoms with E-state index in [1.165, 1.54) is 0 Å². The lowest BCUT2D eigenvalue weighted by Gasteiger charge is -2.13. The monoisotopic (exact) mass is 367 g/mol. The molecule has 2 aromatic carbocycles.